The van der Waals surface area contributed by atoms with Crippen molar-refractivity contribution in [2.75, 3.05) is 12.4 Å². The van der Waals surface area contributed by atoms with Crippen molar-refractivity contribution in [1.82, 2.24) is 4.98 Å². The van der Waals surface area contributed by atoms with E-state index in [2.05, 4.69) is 10.3 Å². The van der Waals surface area contributed by atoms with Gasteiger partial charge in [0.15, 0.2) is 0 Å². The van der Waals surface area contributed by atoms with Gasteiger partial charge in [0.1, 0.15) is 5.75 Å². The minimum atomic E-state index is -0.154. The van der Waals surface area contributed by atoms with Gasteiger partial charge in [-0.15, -0.1) is 0 Å². The summed E-state index contributed by atoms with van der Waals surface area (Å²) in [4.78, 5) is 17.1. The Kier molecular flexibility index (Phi) is 4.24. The van der Waals surface area contributed by atoms with E-state index in [-0.39, 0.29) is 5.91 Å². The number of carbonyl (C=O) groups excluding carboxylic acids is 1. The van der Waals surface area contributed by atoms with Crippen LogP contribution < -0.4 is 10.1 Å². The van der Waals surface area contributed by atoms with Crippen molar-refractivity contribution in [3.8, 4) is 5.75 Å². The second kappa shape index (κ2) is 6.48. The highest BCUT2D eigenvalue weighted by atomic mass is 16.5. The van der Waals surface area contributed by atoms with Crippen LogP contribution in [0.2, 0.25) is 0 Å². The first-order valence-electron chi connectivity index (χ1n) is 7.55. The second-order valence-corrected chi connectivity index (χ2v) is 5.21. The molecule has 0 bridgehead atoms. The Morgan fingerprint density at radius 3 is 2.78 bits per heavy atom. The number of amides is 1. The normalized spacial score (nSPS) is 10.5. The molecule has 0 aliphatic rings. The summed E-state index contributed by atoms with van der Waals surface area (Å²) in [5.41, 5.74) is 3.10. The van der Waals surface area contributed by atoms with E-state index in [1.807, 2.05) is 49.4 Å². The SMILES string of the molecule is CCc1ccc(OC)cc1C(=O)Nc1cccc2cccnc12. The van der Waals surface area contributed by atoms with Crippen LogP contribution in [0, 0.1) is 0 Å². The van der Waals surface area contributed by atoms with Crippen molar-refractivity contribution >= 4 is 22.5 Å². The van der Waals surface area contributed by atoms with E-state index in [4.69, 9.17) is 4.74 Å². The fourth-order valence-corrected chi connectivity index (χ4v) is 2.60. The fraction of sp³-hybridized carbons (Fsp3) is 0.158. The molecule has 1 heterocycles. The van der Waals surface area contributed by atoms with Crippen molar-refractivity contribution in [3.63, 3.8) is 0 Å². The van der Waals surface area contributed by atoms with E-state index < -0.39 is 0 Å². The summed E-state index contributed by atoms with van der Waals surface area (Å²) >= 11 is 0. The molecule has 0 saturated heterocycles. The number of ether oxygens (including phenoxy) is 1. The van der Waals surface area contributed by atoms with E-state index in [9.17, 15) is 4.79 Å². The molecule has 2 aromatic carbocycles. The molecule has 1 aromatic heterocycles. The van der Waals surface area contributed by atoms with Gasteiger partial charge in [0, 0.05) is 17.1 Å². The molecule has 0 atom stereocenters. The number of nitrogens with zero attached hydrogens (tertiary/aromatic N) is 1. The first kappa shape index (κ1) is 15.0. The van der Waals surface area contributed by atoms with Crippen molar-refractivity contribution in [1.29, 1.82) is 0 Å². The van der Waals surface area contributed by atoms with Crippen LogP contribution in [-0.2, 0) is 6.42 Å². The van der Waals surface area contributed by atoms with Gasteiger partial charge in [-0.05, 0) is 36.2 Å². The van der Waals surface area contributed by atoms with Gasteiger partial charge in [0.05, 0.1) is 18.3 Å². The number of anilines is 1. The summed E-state index contributed by atoms with van der Waals surface area (Å²) in [6.45, 7) is 2.03. The Balaban J connectivity index is 1.98. The number of nitrogens with one attached hydrogen (secondary N) is 1. The molecular weight excluding hydrogens is 288 g/mol. The number of aryl methyl sites for hydroxylation is 1. The molecule has 23 heavy (non-hydrogen) atoms. The average molecular weight is 306 g/mol. The number of hydrogen-bond donors (Lipinski definition) is 1. The van der Waals surface area contributed by atoms with E-state index >= 15 is 0 Å². The van der Waals surface area contributed by atoms with Crippen LogP contribution in [-0.4, -0.2) is 18.0 Å². The molecule has 0 saturated carbocycles. The Bertz CT molecular complexity index is 854. The topological polar surface area (TPSA) is 51.2 Å². The van der Waals surface area contributed by atoms with Gasteiger partial charge >= 0.3 is 0 Å². The predicted molar refractivity (Wildman–Crippen MR) is 92.1 cm³/mol. The lowest BCUT2D eigenvalue weighted by atomic mass is 10.0. The first-order chi connectivity index (χ1) is 11.2. The van der Waals surface area contributed by atoms with E-state index in [1.165, 1.54) is 0 Å². The zero-order valence-corrected chi connectivity index (χ0v) is 13.2. The number of aromatic nitrogens is 1. The first-order valence-corrected chi connectivity index (χ1v) is 7.55. The smallest absolute Gasteiger partial charge is 0.256 e. The maximum Gasteiger partial charge on any atom is 0.256 e. The lowest BCUT2D eigenvalue weighted by molar-refractivity contribution is 0.102. The Morgan fingerprint density at radius 2 is 2.00 bits per heavy atom. The standard InChI is InChI=1S/C19H18N2O2/c1-3-13-9-10-15(23-2)12-16(13)19(22)21-17-8-4-6-14-7-5-11-20-18(14)17/h4-12H,3H2,1-2H3,(H,21,22). The maximum absolute atomic E-state index is 12.7. The minimum absolute atomic E-state index is 0.154. The molecule has 0 fully saturated rings. The molecule has 0 unspecified atom stereocenters. The molecule has 0 radical (unpaired) electrons. The molecule has 0 aliphatic carbocycles. The lowest BCUT2D eigenvalue weighted by Crippen LogP contribution is -2.14. The van der Waals surface area contributed by atoms with E-state index in [1.54, 1.807) is 19.4 Å². The average Bonchev–Trinajstić information content (AvgIpc) is 2.61. The predicted octanol–water partition coefficient (Wildman–Crippen LogP) is 4.06. The lowest BCUT2D eigenvalue weighted by Gasteiger charge is -2.12. The van der Waals surface area contributed by atoms with Gasteiger partial charge in [-0.3, -0.25) is 9.78 Å². The van der Waals surface area contributed by atoms with Gasteiger partial charge in [0.2, 0.25) is 0 Å². The van der Waals surface area contributed by atoms with Crippen LogP contribution in [0.3, 0.4) is 0 Å². The number of rotatable bonds is 4. The summed E-state index contributed by atoms with van der Waals surface area (Å²) < 4.78 is 5.23. The van der Waals surface area contributed by atoms with Crippen LogP contribution in [0.15, 0.2) is 54.7 Å². The third-order valence-corrected chi connectivity index (χ3v) is 3.82. The number of hydrogen-bond acceptors (Lipinski definition) is 3. The van der Waals surface area contributed by atoms with Crippen LogP contribution in [0.25, 0.3) is 10.9 Å². The maximum atomic E-state index is 12.7. The zero-order chi connectivity index (χ0) is 16.2. The molecule has 3 aromatic rings. The van der Waals surface area contributed by atoms with Crippen molar-refractivity contribution in [2.24, 2.45) is 0 Å². The highest BCUT2D eigenvalue weighted by Crippen LogP contribution is 2.23. The molecule has 3 rings (SSSR count). The monoisotopic (exact) mass is 306 g/mol. The fourth-order valence-electron chi connectivity index (χ4n) is 2.60. The number of para-hydroxylation sites is 1. The van der Waals surface area contributed by atoms with Crippen LogP contribution >= 0.6 is 0 Å². The van der Waals surface area contributed by atoms with Gasteiger partial charge in [0.25, 0.3) is 5.91 Å². The number of benzene rings is 2. The van der Waals surface area contributed by atoms with Crippen LogP contribution in [0.4, 0.5) is 5.69 Å². The van der Waals surface area contributed by atoms with Crippen LogP contribution in [0.5, 0.6) is 5.75 Å². The number of fused-ring (bicyclic) bond motifs is 1. The molecule has 1 N–H and O–H groups in total. The number of pyridine rings is 1. The Hall–Kier alpha value is -2.88. The van der Waals surface area contributed by atoms with Crippen molar-refractivity contribution in [2.45, 2.75) is 13.3 Å². The van der Waals surface area contributed by atoms with Gasteiger partial charge in [-0.25, -0.2) is 0 Å². The summed E-state index contributed by atoms with van der Waals surface area (Å²) in [6.07, 6.45) is 2.50. The highest BCUT2D eigenvalue weighted by molar-refractivity contribution is 6.09. The minimum Gasteiger partial charge on any atom is -0.497 e. The third-order valence-electron chi connectivity index (χ3n) is 3.82. The largest absolute Gasteiger partial charge is 0.497 e. The third kappa shape index (κ3) is 3.01. The Morgan fingerprint density at radius 1 is 1.17 bits per heavy atom. The summed E-state index contributed by atoms with van der Waals surface area (Å²) in [7, 11) is 1.59. The van der Waals surface area contributed by atoms with Gasteiger partial charge in [-0.2, -0.15) is 0 Å². The molecule has 4 heteroatoms. The van der Waals surface area contributed by atoms with E-state index in [0.29, 0.717) is 17.0 Å². The van der Waals surface area contributed by atoms with Crippen molar-refractivity contribution in [3.05, 3.63) is 65.9 Å². The van der Waals surface area contributed by atoms with E-state index in [0.717, 1.165) is 22.9 Å². The Labute approximate surface area is 135 Å². The van der Waals surface area contributed by atoms with Crippen molar-refractivity contribution < 1.29 is 9.53 Å². The molecular formula is C19H18N2O2. The summed E-state index contributed by atoms with van der Waals surface area (Å²) in [6, 6.07) is 15.2. The molecule has 0 spiro atoms. The molecule has 116 valence electrons. The summed E-state index contributed by atoms with van der Waals surface area (Å²) in [5, 5.41) is 3.96. The molecule has 1 amide bonds. The quantitative estimate of drug-likeness (QED) is 0.791. The number of methoxy groups -OCH3 is 1. The number of carbonyl (C=O) groups is 1. The summed E-state index contributed by atoms with van der Waals surface area (Å²) in [5.74, 6) is 0.516. The highest BCUT2D eigenvalue weighted by Gasteiger charge is 2.13. The zero-order valence-electron chi connectivity index (χ0n) is 13.2. The van der Waals surface area contributed by atoms with Crippen LogP contribution in [0.1, 0.15) is 22.8 Å². The molecule has 4 nitrogen and oxygen atoms in total. The van der Waals surface area contributed by atoms with Gasteiger partial charge in [-0.1, -0.05) is 31.2 Å². The second-order valence-electron chi connectivity index (χ2n) is 5.21. The van der Waals surface area contributed by atoms with Gasteiger partial charge < -0.3 is 10.1 Å². The molecule has 0 aliphatic heterocycles.